The third-order valence-electron chi connectivity index (χ3n) is 5.86. The molecule has 2 aliphatic rings. The van der Waals surface area contributed by atoms with Crippen molar-refractivity contribution in [1.82, 2.24) is 15.5 Å². The predicted octanol–water partition coefficient (Wildman–Crippen LogP) is 2.63. The number of urea groups is 1. The van der Waals surface area contributed by atoms with Gasteiger partial charge in [0.25, 0.3) is 5.91 Å². The summed E-state index contributed by atoms with van der Waals surface area (Å²) in [5.74, 6) is -0.411. The van der Waals surface area contributed by atoms with Crippen LogP contribution < -0.4 is 10.6 Å². The maximum atomic E-state index is 12.8. The minimum absolute atomic E-state index is 0.105. The molecule has 1 aromatic rings. The standard InChI is InChI=1S/C21H29N3O3/c1-16-9-5-7-13-21(16)19(26)24(20(27)23-21)15-18(25)22-14-8-6-12-17-10-3-2-4-11-17/h2-4,10-11,16H,5-9,12-15H2,1H3,(H,22,25)(H,23,27)/t16-,21+/m1/s1. The highest BCUT2D eigenvalue weighted by Gasteiger charge is 2.55. The molecule has 1 saturated carbocycles. The monoisotopic (exact) mass is 371 g/mol. The molecule has 27 heavy (non-hydrogen) atoms. The molecule has 2 atom stereocenters. The van der Waals surface area contributed by atoms with E-state index < -0.39 is 11.6 Å². The number of imide groups is 1. The minimum atomic E-state index is -0.800. The summed E-state index contributed by atoms with van der Waals surface area (Å²) in [6.45, 7) is 2.36. The Bertz CT molecular complexity index is 691. The quantitative estimate of drug-likeness (QED) is 0.571. The van der Waals surface area contributed by atoms with Crippen LogP contribution in [0.5, 0.6) is 0 Å². The second-order valence-corrected chi connectivity index (χ2v) is 7.73. The highest BCUT2D eigenvalue weighted by Crippen LogP contribution is 2.38. The fourth-order valence-electron chi connectivity index (χ4n) is 4.17. The first-order valence-corrected chi connectivity index (χ1v) is 9.97. The lowest BCUT2D eigenvalue weighted by Gasteiger charge is -2.36. The van der Waals surface area contributed by atoms with Gasteiger partial charge in [0.15, 0.2) is 0 Å². The Morgan fingerprint density at radius 1 is 1.22 bits per heavy atom. The van der Waals surface area contributed by atoms with Gasteiger partial charge in [0.05, 0.1) is 0 Å². The molecule has 146 valence electrons. The van der Waals surface area contributed by atoms with Gasteiger partial charge in [-0.1, -0.05) is 50.1 Å². The first-order valence-electron chi connectivity index (χ1n) is 9.97. The van der Waals surface area contributed by atoms with Gasteiger partial charge < -0.3 is 10.6 Å². The summed E-state index contributed by atoms with van der Waals surface area (Å²) < 4.78 is 0. The third kappa shape index (κ3) is 4.31. The van der Waals surface area contributed by atoms with Crippen molar-refractivity contribution >= 4 is 17.8 Å². The van der Waals surface area contributed by atoms with Gasteiger partial charge in [0.1, 0.15) is 12.1 Å². The van der Waals surface area contributed by atoms with E-state index in [2.05, 4.69) is 22.8 Å². The van der Waals surface area contributed by atoms with E-state index in [1.807, 2.05) is 25.1 Å². The zero-order valence-electron chi connectivity index (χ0n) is 16.0. The number of benzene rings is 1. The Morgan fingerprint density at radius 3 is 2.74 bits per heavy atom. The van der Waals surface area contributed by atoms with Crippen molar-refractivity contribution in [2.75, 3.05) is 13.1 Å². The van der Waals surface area contributed by atoms with Crippen molar-refractivity contribution in [1.29, 1.82) is 0 Å². The number of hydrogen-bond acceptors (Lipinski definition) is 3. The van der Waals surface area contributed by atoms with Gasteiger partial charge in [-0.15, -0.1) is 0 Å². The van der Waals surface area contributed by atoms with Crippen LogP contribution in [0.25, 0.3) is 0 Å². The Morgan fingerprint density at radius 2 is 2.00 bits per heavy atom. The minimum Gasteiger partial charge on any atom is -0.355 e. The molecule has 1 saturated heterocycles. The van der Waals surface area contributed by atoms with Crippen LogP contribution in [-0.4, -0.2) is 41.4 Å². The van der Waals surface area contributed by atoms with E-state index in [0.29, 0.717) is 13.0 Å². The van der Waals surface area contributed by atoms with Crippen molar-refractivity contribution in [2.24, 2.45) is 5.92 Å². The van der Waals surface area contributed by atoms with Gasteiger partial charge in [-0.3, -0.25) is 14.5 Å². The van der Waals surface area contributed by atoms with E-state index in [1.165, 1.54) is 5.56 Å². The Balaban J connectivity index is 1.42. The van der Waals surface area contributed by atoms with Crippen LogP contribution in [-0.2, 0) is 16.0 Å². The van der Waals surface area contributed by atoms with Crippen LogP contribution in [0.3, 0.4) is 0 Å². The first kappa shape index (κ1) is 19.4. The number of nitrogens with one attached hydrogen (secondary N) is 2. The summed E-state index contributed by atoms with van der Waals surface area (Å²) in [5, 5.41) is 5.70. The van der Waals surface area contributed by atoms with Gasteiger partial charge in [0.2, 0.25) is 5.91 Å². The summed E-state index contributed by atoms with van der Waals surface area (Å²) in [4.78, 5) is 38.4. The van der Waals surface area contributed by atoms with Gasteiger partial charge >= 0.3 is 6.03 Å². The van der Waals surface area contributed by atoms with Crippen molar-refractivity contribution in [3.8, 4) is 0 Å². The molecule has 1 aliphatic heterocycles. The second kappa shape index (κ2) is 8.55. The molecule has 1 heterocycles. The number of amides is 4. The molecule has 1 spiro atoms. The number of aryl methyl sites for hydroxylation is 1. The molecule has 1 aromatic carbocycles. The maximum absolute atomic E-state index is 12.8. The molecule has 0 radical (unpaired) electrons. The van der Waals surface area contributed by atoms with Crippen molar-refractivity contribution in [3.05, 3.63) is 35.9 Å². The Hall–Kier alpha value is -2.37. The molecular formula is C21H29N3O3. The van der Waals surface area contributed by atoms with E-state index in [1.54, 1.807) is 0 Å². The SMILES string of the molecule is C[C@@H]1CCCC[C@]12NC(=O)N(CC(=O)NCCCCc1ccccc1)C2=O. The van der Waals surface area contributed by atoms with Gasteiger partial charge in [-0.2, -0.15) is 0 Å². The van der Waals surface area contributed by atoms with Crippen molar-refractivity contribution in [3.63, 3.8) is 0 Å². The Kier molecular flexibility index (Phi) is 6.14. The molecule has 6 nitrogen and oxygen atoms in total. The number of carbonyl (C=O) groups is 3. The largest absolute Gasteiger partial charge is 0.355 e. The topological polar surface area (TPSA) is 78.5 Å². The lowest BCUT2D eigenvalue weighted by molar-refractivity contribution is -0.137. The highest BCUT2D eigenvalue weighted by atomic mass is 16.2. The average Bonchev–Trinajstić information content (AvgIpc) is 2.90. The number of hydrogen-bond donors (Lipinski definition) is 2. The van der Waals surface area contributed by atoms with Crippen LogP contribution >= 0.6 is 0 Å². The Labute approximate surface area is 160 Å². The van der Waals surface area contributed by atoms with Gasteiger partial charge in [0, 0.05) is 6.54 Å². The number of nitrogens with zero attached hydrogens (tertiary/aromatic N) is 1. The van der Waals surface area contributed by atoms with E-state index in [9.17, 15) is 14.4 Å². The predicted molar refractivity (Wildman–Crippen MR) is 103 cm³/mol. The van der Waals surface area contributed by atoms with Crippen LogP contribution in [0.2, 0.25) is 0 Å². The highest BCUT2D eigenvalue weighted by molar-refractivity contribution is 6.09. The van der Waals surface area contributed by atoms with Crippen LogP contribution in [0.15, 0.2) is 30.3 Å². The smallest absolute Gasteiger partial charge is 0.325 e. The zero-order valence-corrected chi connectivity index (χ0v) is 16.0. The van der Waals surface area contributed by atoms with Gasteiger partial charge in [-0.05, 0) is 43.6 Å². The third-order valence-corrected chi connectivity index (χ3v) is 5.86. The average molecular weight is 371 g/mol. The molecule has 0 bridgehead atoms. The molecule has 0 aromatic heterocycles. The molecule has 0 unspecified atom stereocenters. The molecule has 6 heteroatoms. The lowest BCUT2D eigenvalue weighted by Crippen LogP contribution is -2.54. The number of carbonyl (C=O) groups excluding carboxylic acids is 3. The van der Waals surface area contributed by atoms with E-state index in [0.717, 1.165) is 43.4 Å². The maximum Gasteiger partial charge on any atom is 0.325 e. The van der Waals surface area contributed by atoms with Crippen molar-refractivity contribution in [2.45, 2.75) is 57.4 Å². The van der Waals surface area contributed by atoms with Gasteiger partial charge in [-0.25, -0.2) is 4.79 Å². The summed E-state index contributed by atoms with van der Waals surface area (Å²) in [7, 11) is 0. The first-order chi connectivity index (χ1) is 13.0. The number of unbranched alkanes of at least 4 members (excludes halogenated alkanes) is 1. The molecule has 2 N–H and O–H groups in total. The van der Waals surface area contributed by atoms with E-state index in [4.69, 9.17) is 0 Å². The van der Waals surface area contributed by atoms with E-state index >= 15 is 0 Å². The normalized spacial score (nSPS) is 24.9. The molecular weight excluding hydrogens is 342 g/mol. The molecule has 3 rings (SSSR count). The lowest BCUT2D eigenvalue weighted by atomic mass is 9.73. The second-order valence-electron chi connectivity index (χ2n) is 7.73. The van der Waals surface area contributed by atoms with Crippen LogP contribution in [0, 0.1) is 5.92 Å². The molecule has 4 amide bonds. The van der Waals surface area contributed by atoms with E-state index in [-0.39, 0.29) is 24.3 Å². The van der Waals surface area contributed by atoms with Crippen LogP contribution in [0.1, 0.15) is 51.0 Å². The fourth-order valence-corrected chi connectivity index (χ4v) is 4.17. The summed E-state index contributed by atoms with van der Waals surface area (Å²) in [5.41, 5.74) is 0.487. The summed E-state index contributed by atoms with van der Waals surface area (Å²) >= 11 is 0. The zero-order chi connectivity index (χ0) is 19.3. The summed E-state index contributed by atoms with van der Waals surface area (Å²) in [6, 6.07) is 9.80. The molecule has 2 fully saturated rings. The van der Waals surface area contributed by atoms with Crippen LogP contribution in [0.4, 0.5) is 4.79 Å². The molecule has 1 aliphatic carbocycles. The fraction of sp³-hybridized carbons (Fsp3) is 0.571. The summed E-state index contributed by atoms with van der Waals surface area (Å²) in [6.07, 6.45) is 6.41. The van der Waals surface area contributed by atoms with Crippen molar-refractivity contribution < 1.29 is 14.4 Å². The number of rotatable bonds is 7.